The number of nitrogens with one attached hydrogen (secondary N) is 2. The van der Waals surface area contributed by atoms with Crippen molar-refractivity contribution in [2.45, 2.75) is 6.04 Å². The highest BCUT2D eigenvalue weighted by molar-refractivity contribution is 6.00. The van der Waals surface area contributed by atoms with E-state index in [9.17, 15) is 4.39 Å². The highest BCUT2D eigenvalue weighted by Gasteiger charge is 2.25. The molecule has 1 saturated heterocycles. The Balaban J connectivity index is 1.24. The fraction of sp³-hybridized carbons (Fsp3) is 0.233. The highest BCUT2D eigenvalue weighted by Crippen LogP contribution is 2.35. The van der Waals surface area contributed by atoms with Crippen LogP contribution in [0.25, 0.3) is 55.7 Å². The van der Waals surface area contributed by atoms with Crippen LogP contribution in [-0.2, 0) is 0 Å². The van der Waals surface area contributed by atoms with E-state index < -0.39 is 0 Å². The SMILES string of the molecule is CN(C)CCOc1cc(F)cc(-c2cncc3[nH]c(-c4[nH]nc5ncc(-c6cncc(N7CC(N)C7)n6)cc45)cc23)c1. The Kier molecular flexibility index (Phi) is 6.48. The van der Waals surface area contributed by atoms with Gasteiger partial charge in [-0.25, -0.2) is 14.4 Å². The summed E-state index contributed by atoms with van der Waals surface area (Å²) in [7, 11) is 3.93. The number of benzene rings is 1. The number of rotatable bonds is 8. The van der Waals surface area contributed by atoms with Crippen LogP contribution in [0.1, 0.15) is 0 Å². The van der Waals surface area contributed by atoms with Crippen molar-refractivity contribution in [2.75, 3.05) is 45.2 Å². The van der Waals surface area contributed by atoms with Gasteiger partial charge in [-0.2, -0.15) is 5.10 Å². The second kappa shape index (κ2) is 10.5. The average Bonchev–Trinajstić information content (AvgIpc) is 3.59. The van der Waals surface area contributed by atoms with E-state index in [4.69, 9.17) is 15.5 Å². The minimum atomic E-state index is -0.373. The van der Waals surface area contributed by atoms with Gasteiger partial charge in [-0.05, 0) is 43.9 Å². The lowest BCUT2D eigenvalue weighted by Gasteiger charge is -2.37. The Labute approximate surface area is 240 Å². The van der Waals surface area contributed by atoms with Crippen LogP contribution in [-0.4, -0.2) is 86.4 Å². The Bertz CT molecular complexity index is 1910. The van der Waals surface area contributed by atoms with Crippen molar-refractivity contribution in [2.24, 2.45) is 5.73 Å². The number of pyridine rings is 2. The van der Waals surface area contributed by atoms with Gasteiger partial charge in [-0.3, -0.25) is 15.1 Å². The monoisotopic (exact) mass is 564 g/mol. The molecule has 0 atom stereocenters. The third-order valence-electron chi connectivity index (χ3n) is 7.37. The first-order chi connectivity index (χ1) is 20.4. The van der Waals surface area contributed by atoms with Gasteiger partial charge in [0.1, 0.15) is 24.0 Å². The summed E-state index contributed by atoms with van der Waals surface area (Å²) in [6.45, 7) is 2.71. The van der Waals surface area contributed by atoms with E-state index in [1.807, 2.05) is 37.2 Å². The molecule has 0 spiro atoms. The molecule has 0 bridgehead atoms. The number of aromatic nitrogens is 7. The summed E-state index contributed by atoms with van der Waals surface area (Å²) >= 11 is 0. The van der Waals surface area contributed by atoms with Crippen LogP contribution in [0.3, 0.4) is 0 Å². The fourth-order valence-electron chi connectivity index (χ4n) is 5.16. The molecule has 11 nitrogen and oxygen atoms in total. The predicted octanol–water partition coefficient (Wildman–Crippen LogP) is 3.85. The summed E-state index contributed by atoms with van der Waals surface area (Å²) < 4.78 is 20.5. The molecular weight excluding hydrogens is 535 g/mol. The largest absolute Gasteiger partial charge is 0.492 e. The van der Waals surface area contributed by atoms with Crippen LogP contribution in [0.4, 0.5) is 10.2 Å². The molecule has 12 heteroatoms. The van der Waals surface area contributed by atoms with E-state index in [2.05, 4.69) is 35.0 Å². The van der Waals surface area contributed by atoms with E-state index in [1.165, 1.54) is 12.1 Å². The molecule has 0 amide bonds. The van der Waals surface area contributed by atoms with E-state index >= 15 is 0 Å². The van der Waals surface area contributed by atoms with Gasteiger partial charge in [0.15, 0.2) is 5.65 Å². The molecule has 1 aromatic carbocycles. The lowest BCUT2D eigenvalue weighted by Crippen LogP contribution is -2.56. The average molecular weight is 565 g/mol. The van der Waals surface area contributed by atoms with Gasteiger partial charge < -0.3 is 25.3 Å². The molecule has 6 heterocycles. The molecule has 5 aromatic heterocycles. The van der Waals surface area contributed by atoms with Crippen molar-refractivity contribution in [3.63, 3.8) is 0 Å². The zero-order chi connectivity index (χ0) is 28.8. The van der Waals surface area contributed by atoms with Crippen LogP contribution in [0.2, 0.25) is 0 Å². The molecule has 6 aromatic rings. The molecule has 7 rings (SSSR count). The first-order valence-corrected chi connectivity index (χ1v) is 13.6. The summed E-state index contributed by atoms with van der Waals surface area (Å²) in [5, 5.41) is 9.27. The number of likely N-dealkylation sites (N-methyl/N-ethyl adjacent to an activating group) is 1. The van der Waals surface area contributed by atoms with Crippen LogP contribution in [0, 0.1) is 5.82 Å². The van der Waals surface area contributed by atoms with Gasteiger partial charge in [-0.15, -0.1) is 0 Å². The van der Waals surface area contributed by atoms with E-state index in [0.29, 0.717) is 29.3 Å². The van der Waals surface area contributed by atoms with E-state index in [0.717, 1.165) is 64.3 Å². The zero-order valence-electron chi connectivity index (χ0n) is 23.2. The maximum atomic E-state index is 14.6. The summed E-state index contributed by atoms with van der Waals surface area (Å²) in [4.78, 5) is 25.7. The van der Waals surface area contributed by atoms with Crippen molar-refractivity contribution < 1.29 is 9.13 Å². The number of aromatic amines is 2. The summed E-state index contributed by atoms with van der Waals surface area (Å²) in [5.74, 6) is 0.894. The molecule has 0 saturated carbocycles. The Morgan fingerprint density at radius 1 is 1.00 bits per heavy atom. The third kappa shape index (κ3) is 4.91. The lowest BCUT2D eigenvalue weighted by molar-refractivity contribution is 0.260. The van der Waals surface area contributed by atoms with Crippen molar-refractivity contribution in [3.8, 4) is 39.5 Å². The normalized spacial score (nSPS) is 13.8. The van der Waals surface area contributed by atoms with E-state index in [-0.39, 0.29) is 11.9 Å². The smallest absolute Gasteiger partial charge is 0.181 e. The number of fused-ring (bicyclic) bond motifs is 2. The second-order valence-electron chi connectivity index (χ2n) is 10.8. The maximum absolute atomic E-state index is 14.6. The minimum Gasteiger partial charge on any atom is -0.492 e. The van der Waals surface area contributed by atoms with Gasteiger partial charge in [0.05, 0.1) is 41.2 Å². The zero-order valence-corrected chi connectivity index (χ0v) is 23.2. The number of ether oxygens (including phenoxy) is 1. The number of H-pyrrole nitrogens is 2. The summed E-state index contributed by atoms with van der Waals surface area (Å²) in [6.07, 6.45) is 8.71. The molecule has 42 heavy (non-hydrogen) atoms. The van der Waals surface area contributed by atoms with Gasteiger partial charge in [-0.1, -0.05) is 0 Å². The standard InChI is InChI=1S/C30H29FN10O/c1-40(2)3-4-42-21-6-17(5-19(31)8-21)24-11-33-13-27-22(24)9-25(36-27)29-23-7-18(10-35-30(23)39-38-29)26-12-34-14-28(37-26)41-15-20(32)16-41/h5-14,20,36H,3-4,15-16,32H2,1-2H3,(H,35,38,39). The molecule has 1 fully saturated rings. The Morgan fingerprint density at radius 2 is 1.86 bits per heavy atom. The highest BCUT2D eigenvalue weighted by atomic mass is 19.1. The first-order valence-electron chi connectivity index (χ1n) is 13.6. The maximum Gasteiger partial charge on any atom is 0.181 e. The molecular formula is C30H29FN10O. The molecule has 212 valence electrons. The van der Waals surface area contributed by atoms with Crippen molar-refractivity contribution in [3.05, 3.63) is 67.1 Å². The lowest BCUT2D eigenvalue weighted by atomic mass is 10.0. The second-order valence-corrected chi connectivity index (χ2v) is 10.8. The van der Waals surface area contributed by atoms with Crippen molar-refractivity contribution >= 4 is 27.8 Å². The summed E-state index contributed by atoms with van der Waals surface area (Å²) in [6, 6.07) is 8.91. The molecule has 0 aliphatic carbocycles. The summed E-state index contributed by atoms with van der Waals surface area (Å²) in [5.41, 5.74) is 11.9. The number of nitrogens with zero attached hydrogens (tertiary/aromatic N) is 7. The fourth-order valence-corrected chi connectivity index (χ4v) is 5.16. The van der Waals surface area contributed by atoms with Gasteiger partial charge in [0.2, 0.25) is 0 Å². The first kappa shape index (κ1) is 26.0. The van der Waals surface area contributed by atoms with Crippen molar-refractivity contribution in [1.29, 1.82) is 0 Å². The van der Waals surface area contributed by atoms with Crippen LogP contribution >= 0.6 is 0 Å². The quantitative estimate of drug-likeness (QED) is 0.252. The Hall–Kier alpha value is -4.94. The van der Waals surface area contributed by atoms with Crippen LogP contribution in [0.15, 0.2) is 61.3 Å². The predicted molar refractivity (Wildman–Crippen MR) is 160 cm³/mol. The van der Waals surface area contributed by atoms with Crippen molar-refractivity contribution in [1.82, 2.24) is 40.0 Å². The molecule has 0 radical (unpaired) electrons. The minimum absolute atomic E-state index is 0.165. The topological polar surface area (TPSA) is 138 Å². The van der Waals surface area contributed by atoms with E-state index in [1.54, 1.807) is 31.0 Å². The van der Waals surface area contributed by atoms with Gasteiger partial charge in [0.25, 0.3) is 0 Å². The molecule has 1 aliphatic heterocycles. The van der Waals surface area contributed by atoms with Gasteiger partial charge >= 0.3 is 0 Å². The molecule has 1 aliphatic rings. The molecule has 4 N–H and O–H groups in total. The molecule has 0 unspecified atom stereocenters. The number of halogens is 1. The number of nitrogens with two attached hydrogens (primary N) is 1. The number of hydrogen-bond acceptors (Lipinski definition) is 9. The Morgan fingerprint density at radius 3 is 2.69 bits per heavy atom. The van der Waals surface area contributed by atoms with Gasteiger partial charge in [0, 0.05) is 66.0 Å². The third-order valence-corrected chi connectivity index (χ3v) is 7.37. The number of anilines is 1. The van der Waals surface area contributed by atoms with Crippen LogP contribution < -0.4 is 15.4 Å². The van der Waals surface area contributed by atoms with Crippen LogP contribution in [0.5, 0.6) is 5.75 Å². The number of hydrogen-bond donors (Lipinski definition) is 3.